The molecule has 150 heavy (non-hydrogen) atoms. The Hall–Kier alpha value is -19.9. The van der Waals surface area contributed by atoms with Gasteiger partial charge in [-0.05, 0) is 318 Å². The van der Waals surface area contributed by atoms with E-state index in [1.807, 2.05) is 328 Å². The molecule has 0 atom stereocenters. The molecule has 714 valence electrons. The number of nitrogens with zero attached hydrogens (tertiary/aromatic N) is 6. The highest BCUT2D eigenvalue weighted by Crippen LogP contribution is 2.46. The fraction of sp³-hybridized carbons (Fsp3) is 0. The molecule has 0 spiro atoms. The van der Waals surface area contributed by atoms with Crippen molar-refractivity contribution in [3.8, 4) is 100 Å². The number of hydrogen-bond acceptors (Lipinski definition) is 6. The highest BCUT2D eigenvalue weighted by Gasteiger charge is 2.22. The van der Waals surface area contributed by atoms with Gasteiger partial charge in [0, 0.05) is 102 Å². The van der Waals surface area contributed by atoms with Crippen LogP contribution in [0.1, 0.15) is 49.3 Å². The number of rotatable bonds is 27. The van der Waals surface area contributed by atoms with Gasteiger partial charge in [0.15, 0.2) is 0 Å². The van der Waals surface area contributed by atoms with Crippen molar-refractivity contribution in [3.63, 3.8) is 0 Å². The van der Waals surface area contributed by atoms with Gasteiger partial charge in [-0.1, -0.05) is 436 Å². The Labute approximate surface area is 931 Å². The maximum absolute atomic E-state index is 9.33. The third-order valence-corrected chi connectivity index (χ3v) is 24.7. The Bertz CT molecular complexity index is 9970. The van der Waals surface area contributed by atoms with Gasteiger partial charge in [0.1, 0.15) is 0 Å². The van der Waals surface area contributed by atoms with Crippen molar-refractivity contribution in [2.24, 2.45) is 0 Å². The highest BCUT2D eigenvalue weighted by molar-refractivity contribution is 5.89. The number of anilines is 18. The van der Waals surface area contributed by atoms with Crippen LogP contribution in [0.2, 0.25) is 0 Å². The van der Waals surface area contributed by atoms with E-state index < -0.39 is 205 Å². The Morgan fingerprint density at radius 3 is 0.340 bits per heavy atom. The molecule has 24 rings (SSSR count). The molecule has 24 aromatic rings. The molecule has 0 bridgehead atoms. The van der Waals surface area contributed by atoms with Crippen LogP contribution in [-0.4, -0.2) is 0 Å². The van der Waals surface area contributed by atoms with Crippen molar-refractivity contribution < 1.29 is 49.3 Å². The summed E-state index contributed by atoms with van der Waals surface area (Å²) in [5, 5.41) is 0. The molecule has 0 heterocycles. The molecule has 0 radical (unpaired) electrons. The molecule has 0 aliphatic heterocycles. The van der Waals surface area contributed by atoms with E-state index in [1.54, 1.807) is 105 Å². The van der Waals surface area contributed by atoms with Crippen molar-refractivity contribution in [2.45, 2.75) is 0 Å². The first-order chi connectivity index (χ1) is 89.4. The fourth-order valence-electron chi connectivity index (χ4n) is 17.3. The minimum Gasteiger partial charge on any atom is -0.311 e. The molecule has 0 aliphatic carbocycles. The van der Waals surface area contributed by atoms with Gasteiger partial charge in [0.05, 0.1) is 49.3 Å². The van der Waals surface area contributed by atoms with Crippen LogP contribution in [-0.2, 0) is 0 Å². The summed E-state index contributed by atoms with van der Waals surface area (Å²) in [7, 11) is 0. The van der Waals surface area contributed by atoms with E-state index in [2.05, 4.69) is 0 Å². The summed E-state index contributed by atoms with van der Waals surface area (Å²) < 4.78 is 318. The van der Waals surface area contributed by atoms with E-state index in [0.29, 0.717) is 67.8 Å². The predicted molar refractivity (Wildman–Crippen MR) is 636 cm³/mol. The first-order valence-corrected chi connectivity index (χ1v) is 48.1. The molecule has 6 nitrogen and oxygen atoms in total. The zero-order valence-electron chi connectivity index (χ0n) is 116. The Kier molecular flexibility index (Phi) is 19.1. The van der Waals surface area contributed by atoms with Crippen molar-refractivity contribution in [1.29, 1.82) is 0 Å². The molecule has 0 saturated carbocycles. The van der Waals surface area contributed by atoms with E-state index >= 15 is 0 Å². The lowest BCUT2D eigenvalue weighted by atomic mass is 10.0. The summed E-state index contributed by atoms with van der Waals surface area (Å²) >= 11 is 0. The van der Waals surface area contributed by atoms with Crippen LogP contribution in [0.15, 0.2) is 654 Å². The van der Waals surface area contributed by atoms with Gasteiger partial charge < -0.3 is 29.4 Å². The largest absolute Gasteiger partial charge is 0.311 e. The summed E-state index contributed by atoms with van der Waals surface area (Å²) in [6.07, 6.45) is 0. The SMILES string of the molecule is [2H]c1c([2H])c(N(c2ccccc2)c2ccc(-c3ccccc3)cc2)c([2H])c([2H])c1-c1c([2H])c([2H])c(N(c2ccccc2)c2ccc(-c3ccccc3)cc2)c([2H])c1[2H].[2H]c1c([2H])c([2H])c(N(c2ccc(-c3ccc(N(c4c([2H])c([2H])c([2H])c([2H])c4[2H])c4c([2H])c([2H])c(-c5ccccc5)c([2H])c4[2H])cc3)cc2)c2c([2H])c([2H])c(-c3ccccc3)c([2H])c2[2H])c([2H])c1[2H].[2H]c1c([2H])c([2H])c(N(c2ccc(-c3ccccc3)cc2)c2ccc(-c3ccc(N(c4ccc(-c5ccccc5)cc4)c4c([2H])c([2H])c([2H])c([2H])c4[2H])cc3)cc2)c([2H])c1[2H]. The van der Waals surface area contributed by atoms with Crippen molar-refractivity contribution in [2.75, 3.05) is 29.4 Å². The van der Waals surface area contributed by atoms with Crippen LogP contribution in [0, 0.1) is 0 Å². The third kappa shape index (κ3) is 22.4. The molecular formula is C144H108N6. The van der Waals surface area contributed by atoms with Gasteiger partial charge in [-0.3, -0.25) is 0 Å². The maximum Gasteiger partial charge on any atom is 0.0645 e. The summed E-state index contributed by atoms with van der Waals surface area (Å²) in [6, 6.07) is 114. The molecule has 6 heteroatoms. The molecule has 0 aromatic heterocycles. The van der Waals surface area contributed by atoms with Crippen LogP contribution in [0.3, 0.4) is 0 Å². The van der Waals surface area contributed by atoms with Crippen molar-refractivity contribution >= 4 is 102 Å². The quantitative estimate of drug-likeness (QED) is 0.0507. The number of hydrogen-bond donors (Lipinski definition) is 0. The molecule has 0 unspecified atom stereocenters. The normalized spacial score (nSPS) is 14.2. The van der Waals surface area contributed by atoms with Gasteiger partial charge in [0.25, 0.3) is 0 Å². The molecule has 0 aliphatic rings. The predicted octanol–water partition coefficient (Wildman–Crippen LogP) is 40.9. The fourth-order valence-corrected chi connectivity index (χ4v) is 17.3. The average Bonchev–Trinajstić information content (AvgIpc) is 0.722. The van der Waals surface area contributed by atoms with Gasteiger partial charge >= 0.3 is 0 Å². The smallest absolute Gasteiger partial charge is 0.0645 e. The Morgan fingerprint density at radius 2 is 0.187 bits per heavy atom. The summed E-state index contributed by atoms with van der Waals surface area (Å²) in [4.78, 5) is 8.89. The molecular weight excluding hydrogens is 1810 g/mol. The minimum absolute atomic E-state index is 0.0108. The third-order valence-electron chi connectivity index (χ3n) is 24.7. The van der Waals surface area contributed by atoms with Crippen molar-refractivity contribution in [3.05, 3.63) is 654 Å². The minimum atomic E-state index is -0.684. The van der Waals surface area contributed by atoms with E-state index in [-0.39, 0.29) is 91.9 Å². The summed E-state index contributed by atoms with van der Waals surface area (Å²) in [6.45, 7) is 0. The Balaban J connectivity index is 0.000000151. The van der Waals surface area contributed by atoms with Crippen LogP contribution in [0.5, 0.6) is 0 Å². The maximum atomic E-state index is 9.33. The van der Waals surface area contributed by atoms with Crippen LogP contribution in [0.25, 0.3) is 100 Å². The lowest BCUT2D eigenvalue weighted by molar-refractivity contribution is 1.28. The van der Waals surface area contributed by atoms with Crippen molar-refractivity contribution in [1.82, 2.24) is 0 Å². The zero-order valence-corrected chi connectivity index (χ0v) is 80.3. The van der Waals surface area contributed by atoms with Gasteiger partial charge in [-0.15, -0.1) is 0 Å². The second-order valence-corrected chi connectivity index (χ2v) is 34.0. The lowest BCUT2D eigenvalue weighted by Crippen LogP contribution is -2.10. The molecule has 0 N–H and O–H groups in total. The first-order valence-electron chi connectivity index (χ1n) is 66.1. The standard InChI is InChI=1S/3C48H36N2/c3*1-5-13-37(14-6-1)39-21-29-45(30-22-39)49(43-17-9-3-10-18-43)47-33-25-41(26-34-47)42-27-35-48(36-28-42)50(44-19-11-4-12-20-44)46-31-23-40(24-32-46)38-15-7-2-8-16-38/h3*1-36H/i3D,4D,9D,10D,11D,12D,17D,18D,19D,20D,21D,22D,23D,24D,29D,30D,31D,32D;3D,4D,9D,10D,11D,12D,17D,18D,19D,20D;25D,26D,27D,28D,33D,34D,35D,36D. The van der Waals surface area contributed by atoms with Crippen LogP contribution < -0.4 is 29.4 Å². The number of para-hydroxylation sites is 6. The Morgan fingerprint density at radius 1 is 0.0800 bits per heavy atom. The summed E-state index contributed by atoms with van der Waals surface area (Å²) in [5.74, 6) is 0. The van der Waals surface area contributed by atoms with E-state index in [4.69, 9.17) is 32.9 Å². The number of benzene rings is 24. The molecule has 24 aromatic carbocycles. The topological polar surface area (TPSA) is 19.4 Å². The molecule has 0 fully saturated rings. The van der Waals surface area contributed by atoms with Crippen LogP contribution >= 0.6 is 0 Å². The van der Waals surface area contributed by atoms with Gasteiger partial charge in [-0.25, -0.2) is 0 Å². The van der Waals surface area contributed by atoms with Crippen LogP contribution in [0.4, 0.5) is 102 Å². The van der Waals surface area contributed by atoms with E-state index in [0.717, 1.165) is 65.4 Å². The lowest BCUT2D eigenvalue weighted by Gasteiger charge is -2.26. The van der Waals surface area contributed by atoms with E-state index in [1.165, 1.54) is 24.3 Å². The first kappa shape index (κ1) is 61.9. The molecule has 0 saturated heterocycles. The second kappa shape index (κ2) is 46.2. The summed E-state index contributed by atoms with van der Waals surface area (Å²) in [5.41, 5.74) is 14.4. The second-order valence-electron chi connectivity index (χ2n) is 34.0. The monoisotopic (exact) mass is 1960 g/mol. The van der Waals surface area contributed by atoms with Gasteiger partial charge in [-0.2, -0.15) is 0 Å². The van der Waals surface area contributed by atoms with Gasteiger partial charge in [0.2, 0.25) is 0 Å². The highest BCUT2D eigenvalue weighted by atomic mass is 15.2. The zero-order chi connectivity index (χ0) is 132. The average molecular weight is 1960 g/mol. The molecule has 0 amide bonds. The van der Waals surface area contributed by atoms with E-state index in [9.17, 15) is 16.4 Å².